The molecule has 0 radical (unpaired) electrons. The van der Waals surface area contributed by atoms with Crippen molar-refractivity contribution in [3.8, 4) is 0 Å². The van der Waals surface area contributed by atoms with E-state index >= 15 is 0 Å². The lowest BCUT2D eigenvalue weighted by Crippen LogP contribution is -2.05. The van der Waals surface area contributed by atoms with Crippen molar-refractivity contribution in [3.05, 3.63) is 41.2 Å². The molecule has 1 nitrogen and oxygen atoms in total. The summed E-state index contributed by atoms with van der Waals surface area (Å²) in [7, 11) is 0. The van der Waals surface area contributed by atoms with E-state index in [1.165, 1.54) is 6.08 Å². The summed E-state index contributed by atoms with van der Waals surface area (Å²) < 4.78 is 0. The predicted octanol–water partition coefficient (Wildman–Crippen LogP) is 1.93. The summed E-state index contributed by atoms with van der Waals surface area (Å²) >= 11 is 0. The van der Waals surface area contributed by atoms with Gasteiger partial charge in [0, 0.05) is 11.6 Å². The molecule has 0 amide bonds. The highest BCUT2D eigenvalue weighted by Gasteiger charge is 2.13. The van der Waals surface area contributed by atoms with Crippen molar-refractivity contribution < 1.29 is 4.79 Å². The van der Waals surface area contributed by atoms with Crippen LogP contribution in [0.2, 0.25) is 0 Å². The minimum Gasteiger partial charge on any atom is -0.289 e. The number of carbonyl (C=O) groups excluding carboxylic acids is 1. The SMILES string of the molecule is O=C1C=C=CC2=C1CCC=C2. The highest BCUT2D eigenvalue weighted by atomic mass is 16.1. The zero-order valence-electron chi connectivity index (χ0n) is 6.13. The van der Waals surface area contributed by atoms with Crippen LogP contribution in [0.5, 0.6) is 0 Å². The van der Waals surface area contributed by atoms with Gasteiger partial charge in [0.25, 0.3) is 0 Å². The number of hydrogen-bond donors (Lipinski definition) is 0. The number of rotatable bonds is 0. The molecule has 0 bridgehead atoms. The van der Waals surface area contributed by atoms with Crippen LogP contribution in [0.4, 0.5) is 0 Å². The van der Waals surface area contributed by atoms with Crippen LogP contribution in [0.3, 0.4) is 0 Å². The summed E-state index contributed by atoms with van der Waals surface area (Å²) in [4.78, 5) is 11.2. The van der Waals surface area contributed by atoms with Gasteiger partial charge in [0.05, 0.1) is 0 Å². The van der Waals surface area contributed by atoms with E-state index in [0.717, 1.165) is 24.0 Å². The Hall–Kier alpha value is -1.33. The van der Waals surface area contributed by atoms with Gasteiger partial charge in [0.2, 0.25) is 0 Å². The highest BCUT2D eigenvalue weighted by Crippen LogP contribution is 2.22. The molecule has 0 aliphatic heterocycles. The van der Waals surface area contributed by atoms with Crippen molar-refractivity contribution in [1.82, 2.24) is 0 Å². The summed E-state index contributed by atoms with van der Waals surface area (Å²) in [6.45, 7) is 0. The van der Waals surface area contributed by atoms with Crippen LogP contribution in [-0.2, 0) is 4.79 Å². The van der Waals surface area contributed by atoms with E-state index in [4.69, 9.17) is 0 Å². The number of ketones is 1. The second-order valence-electron chi connectivity index (χ2n) is 2.69. The predicted molar refractivity (Wildman–Crippen MR) is 43.1 cm³/mol. The van der Waals surface area contributed by atoms with E-state index in [-0.39, 0.29) is 5.78 Å². The zero-order valence-corrected chi connectivity index (χ0v) is 6.13. The van der Waals surface area contributed by atoms with Crippen molar-refractivity contribution >= 4 is 5.78 Å². The Morgan fingerprint density at radius 3 is 3.09 bits per heavy atom. The van der Waals surface area contributed by atoms with Crippen LogP contribution in [0.25, 0.3) is 0 Å². The summed E-state index contributed by atoms with van der Waals surface area (Å²) in [5.74, 6) is 0.131. The fourth-order valence-electron chi connectivity index (χ4n) is 1.38. The van der Waals surface area contributed by atoms with Crippen LogP contribution in [0.1, 0.15) is 12.8 Å². The molecule has 0 heterocycles. The third-order valence-corrected chi connectivity index (χ3v) is 1.96. The zero-order chi connectivity index (χ0) is 7.68. The van der Waals surface area contributed by atoms with Crippen molar-refractivity contribution in [1.29, 1.82) is 0 Å². The molecule has 0 saturated heterocycles. The molecular weight excluding hydrogens is 136 g/mol. The lowest BCUT2D eigenvalue weighted by atomic mass is 9.92. The summed E-state index contributed by atoms with van der Waals surface area (Å²) in [6.07, 6.45) is 9.35. The first-order valence-electron chi connectivity index (χ1n) is 3.74. The van der Waals surface area contributed by atoms with Crippen molar-refractivity contribution in [3.63, 3.8) is 0 Å². The molecule has 0 aromatic carbocycles. The summed E-state index contributed by atoms with van der Waals surface area (Å²) in [5.41, 5.74) is 4.82. The minimum atomic E-state index is 0.131. The molecule has 0 fully saturated rings. The van der Waals surface area contributed by atoms with Crippen LogP contribution in [-0.4, -0.2) is 5.78 Å². The molecule has 2 rings (SSSR count). The Labute approximate surface area is 65.4 Å². The normalized spacial score (nSPS) is 20.9. The third kappa shape index (κ3) is 0.997. The smallest absolute Gasteiger partial charge is 0.190 e. The second kappa shape index (κ2) is 2.37. The second-order valence-corrected chi connectivity index (χ2v) is 2.69. The molecule has 0 aromatic rings. The highest BCUT2D eigenvalue weighted by molar-refractivity contribution is 6.06. The quantitative estimate of drug-likeness (QED) is 0.475. The van der Waals surface area contributed by atoms with Gasteiger partial charge in [-0.25, -0.2) is 0 Å². The molecule has 0 spiro atoms. The van der Waals surface area contributed by atoms with Crippen LogP contribution >= 0.6 is 0 Å². The third-order valence-electron chi connectivity index (χ3n) is 1.96. The van der Waals surface area contributed by atoms with E-state index in [1.54, 1.807) is 0 Å². The summed E-state index contributed by atoms with van der Waals surface area (Å²) in [5, 5.41) is 0. The van der Waals surface area contributed by atoms with E-state index < -0.39 is 0 Å². The maximum atomic E-state index is 11.2. The van der Waals surface area contributed by atoms with Gasteiger partial charge in [0.1, 0.15) is 0 Å². The van der Waals surface area contributed by atoms with Gasteiger partial charge in [-0.05, 0) is 24.5 Å². The Morgan fingerprint density at radius 1 is 1.36 bits per heavy atom. The number of hydrogen-bond acceptors (Lipinski definition) is 1. The van der Waals surface area contributed by atoms with Gasteiger partial charge in [-0.15, -0.1) is 5.73 Å². The molecule has 2 aliphatic rings. The van der Waals surface area contributed by atoms with Crippen LogP contribution in [0.15, 0.2) is 41.2 Å². The topological polar surface area (TPSA) is 17.1 Å². The van der Waals surface area contributed by atoms with E-state index in [1.807, 2.05) is 12.2 Å². The molecular formula is C10H8O. The summed E-state index contributed by atoms with van der Waals surface area (Å²) in [6, 6.07) is 0. The minimum absolute atomic E-state index is 0.131. The maximum absolute atomic E-state index is 11.2. The van der Waals surface area contributed by atoms with Gasteiger partial charge in [0.15, 0.2) is 5.78 Å². The average Bonchev–Trinajstić information content (AvgIpc) is 2.06. The number of carbonyl (C=O) groups is 1. The van der Waals surface area contributed by atoms with Crippen LogP contribution in [0, 0.1) is 0 Å². The van der Waals surface area contributed by atoms with Gasteiger partial charge in [-0.3, -0.25) is 4.79 Å². The molecule has 11 heavy (non-hydrogen) atoms. The molecule has 0 atom stereocenters. The number of allylic oxidation sites excluding steroid dienone is 5. The van der Waals surface area contributed by atoms with E-state index in [0.29, 0.717) is 0 Å². The van der Waals surface area contributed by atoms with Crippen LogP contribution < -0.4 is 0 Å². The first-order valence-corrected chi connectivity index (χ1v) is 3.74. The van der Waals surface area contributed by atoms with Gasteiger partial charge >= 0.3 is 0 Å². The van der Waals surface area contributed by atoms with Gasteiger partial charge in [-0.2, -0.15) is 0 Å². The Morgan fingerprint density at radius 2 is 2.27 bits per heavy atom. The fraction of sp³-hybridized carbons (Fsp3) is 0.200. The molecule has 1 heteroatoms. The maximum Gasteiger partial charge on any atom is 0.190 e. The lowest BCUT2D eigenvalue weighted by molar-refractivity contribution is -0.111. The first kappa shape index (κ1) is 6.38. The standard InChI is InChI=1S/C10H8O/c11-10-7-3-5-8-4-1-2-6-9(8)10/h1,4-5,7H,2,6H2. The molecule has 0 saturated carbocycles. The van der Waals surface area contributed by atoms with Gasteiger partial charge in [-0.1, -0.05) is 12.2 Å². The molecule has 0 aromatic heterocycles. The molecule has 0 N–H and O–H groups in total. The molecule has 2 aliphatic carbocycles. The van der Waals surface area contributed by atoms with E-state index in [2.05, 4.69) is 11.8 Å². The fourth-order valence-corrected chi connectivity index (χ4v) is 1.38. The molecule has 54 valence electrons. The lowest BCUT2D eigenvalue weighted by Gasteiger charge is -2.11. The van der Waals surface area contributed by atoms with Crippen molar-refractivity contribution in [2.75, 3.05) is 0 Å². The van der Waals surface area contributed by atoms with Gasteiger partial charge < -0.3 is 0 Å². The first-order chi connectivity index (χ1) is 5.38. The van der Waals surface area contributed by atoms with Crippen molar-refractivity contribution in [2.45, 2.75) is 12.8 Å². The Kier molecular flexibility index (Phi) is 1.38. The van der Waals surface area contributed by atoms with E-state index in [9.17, 15) is 4.79 Å². The van der Waals surface area contributed by atoms with Crippen molar-refractivity contribution in [2.24, 2.45) is 0 Å². The molecule has 0 unspecified atom stereocenters. The largest absolute Gasteiger partial charge is 0.289 e. The average molecular weight is 144 g/mol. The Bertz CT molecular complexity index is 323. The Balaban J connectivity index is 2.52. The monoisotopic (exact) mass is 144 g/mol.